The highest BCUT2D eigenvalue weighted by Crippen LogP contribution is 2.15. The first-order valence-electron chi connectivity index (χ1n) is 6.21. The first-order valence-corrected chi connectivity index (χ1v) is 6.21. The zero-order chi connectivity index (χ0) is 13.5. The molecule has 0 heterocycles. The van der Waals surface area contributed by atoms with E-state index in [1.165, 1.54) is 7.11 Å². The number of methoxy groups -OCH3 is 1. The van der Waals surface area contributed by atoms with Gasteiger partial charge < -0.3 is 4.74 Å². The highest BCUT2D eigenvalue weighted by Gasteiger charge is 2.20. The van der Waals surface area contributed by atoms with E-state index in [0.29, 0.717) is 6.54 Å². The van der Waals surface area contributed by atoms with Crippen LogP contribution < -0.4 is 5.32 Å². The van der Waals surface area contributed by atoms with Gasteiger partial charge in [-0.25, -0.2) is 4.79 Å². The Balaban J connectivity index is 2.09. The molecule has 0 aliphatic rings. The lowest BCUT2D eigenvalue weighted by Crippen LogP contribution is -2.29. The summed E-state index contributed by atoms with van der Waals surface area (Å²) < 4.78 is 4.85. The zero-order valence-electron chi connectivity index (χ0n) is 10.9. The van der Waals surface area contributed by atoms with Crippen LogP contribution in [-0.4, -0.2) is 13.1 Å². The summed E-state index contributed by atoms with van der Waals surface area (Å²) in [6.07, 6.45) is 0. The molecule has 3 heteroatoms. The monoisotopic (exact) mass is 255 g/mol. The average molecular weight is 255 g/mol. The van der Waals surface area contributed by atoms with Gasteiger partial charge in [0.1, 0.15) is 6.04 Å². The standard InChI is InChI=1S/C16H17NO2/c1-19-16(18)15(14-10-6-3-7-11-14)17-12-13-8-4-2-5-9-13/h2-11,15,17H,12H2,1H3/t15-/m1/s1. The Morgan fingerprint density at radius 3 is 2.21 bits per heavy atom. The highest BCUT2D eigenvalue weighted by molar-refractivity contribution is 5.77. The Labute approximate surface area is 113 Å². The summed E-state index contributed by atoms with van der Waals surface area (Å²) in [6, 6.07) is 19.1. The Kier molecular flexibility index (Phi) is 4.70. The van der Waals surface area contributed by atoms with E-state index in [1.807, 2.05) is 60.7 Å². The SMILES string of the molecule is COC(=O)[C@H](NCc1ccccc1)c1ccccc1. The minimum atomic E-state index is -0.439. The summed E-state index contributed by atoms with van der Waals surface area (Å²) in [5.74, 6) is -0.276. The Bertz CT molecular complexity index is 511. The Morgan fingerprint density at radius 2 is 1.63 bits per heavy atom. The van der Waals surface area contributed by atoms with Gasteiger partial charge >= 0.3 is 5.97 Å². The zero-order valence-corrected chi connectivity index (χ0v) is 10.9. The van der Waals surface area contributed by atoms with Gasteiger partial charge in [-0.2, -0.15) is 0 Å². The number of hydrogen-bond donors (Lipinski definition) is 1. The summed E-state index contributed by atoms with van der Waals surface area (Å²) in [7, 11) is 1.41. The molecule has 2 aromatic rings. The molecule has 19 heavy (non-hydrogen) atoms. The minimum absolute atomic E-state index is 0.276. The van der Waals surface area contributed by atoms with Crippen molar-refractivity contribution in [3.63, 3.8) is 0 Å². The highest BCUT2D eigenvalue weighted by atomic mass is 16.5. The summed E-state index contributed by atoms with van der Waals surface area (Å²) in [6.45, 7) is 0.621. The number of rotatable bonds is 5. The predicted molar refractivity (Wildman–Crippen MR) is 74.5 cm³/mol. The van der Waals surface area contributed by atoms with E-state index >= 15 is 0 Å². The summed E-state index contributed by atoms with van der Waals surface area (Å²) in [5.41, 5.74) is 2.04. The van der Waals surface area contributed by atoms with Gasteiger partial charge in [0.15, 0.2) is 0 Å². The van der Waals surface area contributed by atoms with Gasteiger partial charge in [0, 0.05) is 6.54 Å². The van der Waals surface area contributed by atoms with Crippen LogP contribution in [-0.2, 0) is 16.1 Å². The summed E-state index contributed by atoms with van der Waals surface area (Å²) in [4.78, 5) is 11.8. The van der Waals surface area contributed by atoms with Gasteiger partial charge in [-0.05, 0) is 11.1 Å². The number of ether oxygens (including phenoxy) is 1. The Morgan fingerprint density at radius 1 is 1.05 bits per heavy atom. The van der Waals surface area contributed by atoms with Crippen LogP contribution in [0.5, 0.6) is 0 Å². The molecule has 0 spiro atoms. The molecule has 0 saturated carbocycles. The summed E-state index contributed by atoms with van der Waals surface area (Å²) in [5, 5.41) is 3.23. The van der Waals surface area contributed by atoms with Crippen molar-refractivity contribution in [2.24, 2.45) is 0 Å². The quantitative estimate of drug-likeness (QED) is 0.835. The lowest BCUT2D eigenvalue weighted by atomic mass is 10.1. The van der Waals surface area contributed by atoms with E-state index in [2.05, 4.69) is 5.32 Å². The molecule has 0 saturated heterocycles. The molecule has 0 aliphatic heterocycles. The van der Waals surface area contributed by atoms with Crippen LogP contribution >= 0.6 is 0 Å². The second-order valence-corrected chi connectivity index (χ2v) is 4.23. The number of esters is 1. The second-order valence-electron chi connectivity index (χ2n) is 4.23. The molecule has 0 fully saturated rings. The third-order valence-electron chi connectivity index (χ3n) is 2.92. The van der Waals surface area contributed by atoms with Crippen molar-refractivity contribution in [1.29, 1.82) is 0 Å². The third kappa shape index (κ3) is 3.66. The molecular formula is C16H17NO2. The molecule has 0 unspecified atom stereocenters. The van der Waals surface area contributed by atoms with Gasteiger partial charge in [0.2, 0.25) is 0 Å². The fourth-order valence-electron chi connectivity index (χ4n) is 1.92. The molecule has 1 N–H and O–H groups in total. The summed E-state index contributed by atoms with van der Waals surface area (Å²) >= 11 is 0. The lowest BCUT2D eigenvalue weighted by Gasteiger charge is -2.16. The van der Waals surface area contributed by atoms with E-state index in [1.54, 1.807) is 0 Å². The molecule has 1 atom stereocenters. The molecule has 0 amide bonds. The van der Waals surface area contributed by atoms with Crippen LogP contribution in [0.3, 0.4) is 0 Å². The van der Waals surface area contributed by atoms with Crippen molar-refractivity contribution in [1.82, 2.24) is 5.32 Å². The minimum Gasteiger partial charge on any atom is -0.468 e. The molecule has 98 valence electrons. The van der Waals surface area contributed by atoms with Crippen LogP contribution in [0.25, 0.3) is 0 Å². The number of hydrogen-bond acceptors (Lipinski definition) is 3. The van der Waals surface area contributed by atoms with E-state index in [-0.39, 0.29) is 5.97 Å². The maximum absolute atomic E-state index is 11.8. The molecule has 2 aromatic carbocycles. The van der Waals surface area contributed by atoms with Gasteiger partial charge in [-0.1, -0.05) is 60.7 Å². The van der Waals surface area contributed by atoms with E-state index < -0.39 is 6.04 Å². The van der Waals surface area contributed by atoms with Crippen LogP contribution in [0, 0.1) is 0 Å². The lowest BCUT2D eigenvalue weighted by molar-refractivity contribution is -0.143. The van der Waals surface area contributed by atoms with Crippen molar-refractivity contribution in [3.05, 3.63) is 71.8 Å². The van der Waals surface area contributed by atoms with Crippen molar-refractivity contribution in [2.75, 3.05) is 7.11 Å². The number of carbonyl (C=O) groups excluding carboxylic acids is 1. The number of benzene rings is 2. The number of nitrogens with one attached hydrogen (secondary N) is 1. The van der Waals surface area contributed by atoms with Crippen LogP contribution in [0.1, 0.15) is 17.2 Å². The fourth-order valence-corrected chi connectivity index (χ4v) is 1.92. The predicted octanol–water partition coefficient (Wildman–Crippen LogP) is 2.69. The van der Waals surface area contributed by atoms with E-state index in [4.69, 9.17) is 4.74 Å². The molecule has 2 rings (SSSR count). The van der Waals surface area contributed by atoms with Crippen molar-refractivity contribution in [3.8, 4) is 0 Å². The molecule has 0 aliphatic carbocycles. The van der Waals surface area contributed by atoms with E-state index in [0.717, 1.165) is 11.1 Å². The number of carbonyl (C=O) groups is 1. The average Bonchev–Trinajstić information content (AvgIpc) is 2.49. The molecule has 3 nitrogen and oxygen atoms in total. The first kappa shape index (κ1) is 13.3. The van der Waals surface area contributed by atoms with Crippen LogP contribution in [0.2, 0.25) is 0 Å². The van der Waals surface area contributed by atoms with Crippen LogP contribution in [0.4, 0.5) is 0 Å². The van der Waals surface area contributed by atoms with Gasteiger partial charge in [0.25, 0.3) is 0 Å². The van der Waals surface area contributed by atoms with Gasteiger partial charge in [-0.3, -0.25) is 5.32 Å². The maximum atomic E-state index is 11.8. The largest absolute Gasteiger partial charge is 0.468 e. The first-order chi connectivity index (χ1) is 9.31. The molecule has 0 bridgehead atoms. The fraction of sp³-hybridized carbons (Fsp3) is 0.188. The second kappa shape index (κ2) is 6.71. The maximum Gasteiger partial charge on any atom is 0.327 e. The van der Waals surface area contributed by atoms with Crippen molar-refractivity contribution >= 4 is 5.97 Å². The smallest absolute Gasteiger partial charge is 0.327 e. The third-order valence-corrected chi connectivity index (χ3v) is 2.92. The van der Waals surface area contributed by atoms with E-state index in [9.17, 15) is 4.79 Å². The van der Waals surface area contributed by atoms with Gasteiger partial charge in [0.05, 0.1) is 7.11 Å². The van der Waals surface area contributed by atoms with Crippen molar-refractivity contribution < 1.29 is 9.53 Å². The van der Waals surface area contributed by atoms with Crippen LogP contribution in [0.15, 0.2) is 60.7 Å². The normalized spacial score (nSPS) is 11.8. The van der Waals surface area contributed by atoms with Crippen molar-refractivity contribution in [2.45, 2.75) is 12.6 Å². The molecular weight excluding hydrogens is 238 g/mol. The molecule has 0 aromatic heterocycles. The molecule has 0 radical (unpaired) electrons. The Hall–Kier alpha value is -2.13. The van der Waals surface area contributed by atoms with Gasteiger partial charge in [-0.15, -0.1) is 0 Å². The topological polar surface area (TPSA) is 38.3 Å².